The van der Waals surface area contributed by atoms with E-state index in [1.807, 2.05) is 6.07 Å². The smallest absolute Gasteiger partial charge is 0.271 e. The Labute approximate surface area is 100 Å². The summed E-state index contributed by atoms with van der Waals surface area (Å²) in [4.78, 5) is 12.6. The molecule has 0 amide bonds. The first kappa shape index (κ1) is 11.9. The standard InChI is InChI=1S/C12H17N3O2/c1-12(2,8-13)14-6-5-9-3-4-10(15(16)17)7-11(9)14/h3-4,7H,5-6,8,13H2,1-2H3. The van der Waals surface area contributed by atoms with Gasteiger partial charge in [0.05, 0.1) is 4.92 Å². The molecule has 17 heavy (non-hydrogen) atoms. The summed E-state index contributed by atoms with van der Waals surface area (Å²) < 4.78 is 0. The number of nitrogens with zero attached hydrogens (tertiary/aromatic N) is 2. The fraction of sp³-hybridized carbons (Fsp3) is 0.500. The van der Waals surface area contributed by atoms with Crippen LogP contribution in [0.4, 0.5) is 11.4 Å². The Balaban J connectivity index is 2.42. The van der Waals surface area contributed by atoms with E-state index in [0.29, 0.717) is 6.54 Å². The van der Waals surface area contributed by atoms with Gasteiger partial charge in [0.2, 0.25) is 0 Å². The fourth-order valence-electron chi connectivity index (χ4n) is 2.22. The molecule has 5 nitrogen and oxygen atoms in total. The minimum atomic E-state index is -0.355. The number of fused-ring (bicyclic) bond motifs is 1. The van der Waals surface area contributed by atoms with Crippen LogP contribution in [0, 0.1) is 10.1 Å². The zero-order valence-electron chi connectivity index (χ0n) is 10.1. The molecule has 0 radical (unpaired) electrons. The van der Waals surface area contributed by atoms with Gasteiger partial charge in [-0.05, 0) is 25.8 Å². The summed E-state index contributed by atoms with van der Waals surface area (Å²) in [6.07, 6.45) is 0.927. The summed E-state index contributed by atoms with van der Waals surface area (Å²) in [6, 6.07) is 5.07. The number of non-ortho nitro benzene ring substituents is 1. The number of nitro groups is 1. The third-order valence-electron chi connectivity index (χ3n) is 3.41. The van der Waals surface area contributed by atoms with E-state index >= 15 is 0 Å². The summed E-state index contributed by atoms with van der Waals surface area (Å²) in [5, 5.41) is 10.8. The first-order valence-corrected chi connectivity index (χ1v) is 5.71. The van der Waals surface area contributed by atoms with Gasteiger partial charge >= 0.3 is 0 Å². The van der Waals surface area contributed by atoms with Crippen molar-refractivity contribution in [1.82, 2.24) is 0 Å². The van der Waals surface area contributed by atoms with Crippen molar-refractivity contribution < 1.29 is 4.92 Å². The highest BCUT2D eigenvalue weighted by atomic mass is 16.6. The highest BCUT2D eigenvalue weighted by molar-refractivity contribution is 5.64. The third-order valence-corrected chi connectivity index (χ3v) is 3.41. The lowest BCUT2D eigenvalue weighted by Gasteiger charge is -2.36. The fourth-order valence-corrected chi connectivity index (χ4v) is 2.22. The zero-order chi connectivity index (χ0) is 12.6. The van der Waals surface area contributed by atoms with Crippen LogP contribution in [0.1, 0.15) is 19.4 Å². The number of rotatable bonds is 3. The summed E-state index contributed by atoms with van der Waals surface area (Å²) >= 11 is 0. The molecule has 2 rings (SSSR count). The maximum Gasteiger partial charge on any atom is 0.271 e. The molecule has 1 heterocycles. The Morgan fingerprint density at radius 1 is 1.53 bits per heavy atom. The molecule has 0 saturated heterocycles. The Bertz CT molecular complexity index is 457. The van der Waals surface area contributed by atoms with Crippen LogP contribution >= 0.6 is 0 Å². The molecule has 1 aliphatic rings. The van der Waals surface area contributed by atoms with Crippen molar-refractivity contribution in [3.8, 4) is 0 Å². The van der Waals surface area contributed by atoms with Crippen molar-refractivity contribution >= 4 is 11.4 Å². The molecule has 0 spiro atoms. The van der Waals surface area contributed by atoms with Crippen molar-refractivity contribution in [3.63, 3.8) is 0 Å². The van der Waals surface area contributed by atoms with Crippen LogP contribution < -0.4 is 10.6 Å². The Morgan fingerprint density at radius 3 is 2.82 bits per heavy atom. The van der Waals surface area contributed by atoms with E-state index in [0.717, 1.165) is 24.2 Å². The number of hydrogen-bond donors (Lipinski definition) is 1. The zero-order valence-corrected chi connectivity index (χ0v) is 10.1. The molecule has 0 aromatic heterocycles. The van der Waals surface area contributed by atoms with Crippen LogP contribution in [0.25, 0.3) is 0 Å². The Morgan fingerprint density at radius 2 is 2.24 bits per heavy atom. The monoisotopic (exact) mass is 235 g/mol. The van der Waals surface area contributed by atoms with Crippen LogP contribution in [0.3, 0.4) is 0 Å². The van der Waals surface area contributed by atoms with E-state index in [-0.39, 0.29) is 16.1 Å². The van der Waals surface area contributed by atoms with E-state index in [1.54, 1.807) is 12.1 Å². The SMILES string of the molecule is CC(C)(CN)N1CCc2ccc([N+](=O)[O-])cc21. The summed E-state index contributed by atoms with van der Waals surface area (Å²) in [6.45, 7) is 5.51. The van der Waals surface area contributed by atoms with Gasteiger partial charge in [-0.1, -0.05) is 6.07 Å². The van der Waals surface area contributed by atoms with Crippen molar-refractivity contribution in [3.05, 3.63) is 33.9 Å². The van der Waals surface area contributed by atoms with Crippen molar-refractivity contribution in [1.29, 1.82) is 0 Å². The van der Waals surface area contributed by atoms with Crippen LogP contribution in [0.15, 0.2) is 18.2 Å². The minimum Gasteiger partial charge on any atom is -0.364 e. The second kappa shape index (κ2) is 4.00. The predicted molar refractivity (Wildman–Crippen MR) is 67.3 cm³/mol. The minimum absolute atomic E-state index is 0.142. The Kier molecular flexibility index (Phi) is 2.79. The van der Waals surface area contributed by atoms with Gasteiger partial charge in [-0.3, -0.25) is 10.1 Å². The van der Waals surface area contributed by atoms with E-state index in [4.69, 9.17) is 5.73 Å². The van der Waals surface area contributed by atoms with Crippen LogP contribution in [0.2, 0.25) is 0 Å². The van der Waals surface area contributed by atoms with Crippen LogP contribution in [0.5, 0.6) is 0 Å². The molecule has 0 aliphatic carbocycles. The number of nitrogens with two attached hydrogens (primary N) is 1. The maximum atomic E-state index is 10.8. The average Bonchev–Trinajstić information content (AvgIpc) is 2.72. The first-order valence-electron chi connectivity index (χ1n) is 5.71. The molecular weight excluding hydrogens is 218 g/mol. The third kappa shape index (κ3) is 1.98. The summed E-state index contributed by atoms with van der Waals surface area (Å²) in [5.74, 6) is 0. The van der Waals surface area contributed by atoms with E-state index in [2.05, 4.69) is 18.7 Å². The lowest BCUT2D eigenvalue weighted by Crippen LogP contribution is -2.48. The van der Waals surface area contributed by atoms with Gasteiger partial charge in [-0.2, -0.15) is 0 Å². The molecule has 2 N–H and O–H groups in total. The molecular formula is C12H17N3O2. The van der Waals surface area contributed by atoms with E-state index < -0.39 is 0 Å². The molecule has 0 unspecified atom stereocenters. The van der Waals surface area contributed by atoms with Gasteiger partial charge in [0.25, 0.3) is 5.69 Å². The van der Waals surface area contributed by atoms with Crippen molar-refractivity contribution in [2.75, 3.05) is 18.0 Å². The van der Waals surface area contributed by atoms with Crippen LogP contribution in [-0.4, -0.2) is 23.6 Å². The van der Waals surface area contributed by atoms with Gasteiger partial charge in [-0.15, -0.1) is 0 Å². The molecule has 0 atom stereocenters. The number of hydrogen-bond acceptors (Lipinski definition) is 4. The molecule has 0 fully saturated rings. The first-order chi connectivity index (χ1) is 7.95. The highest BCUT2D eigenvalue weighted by Crippen LogP contribution is 2.35. The van der Waals surface area contributed by atoms with E-state index in [1.165, 1.54) is 0 Å². The lowest BCUT2D eigenvalue weighted by molar-refractivity contribution is -0.384. The molecule has 1 aromatic carbocycles. The predicted octanol–water partition coefficient (Wildman–Crippen LogP) is 1.69. The van der Waals surface area contributed by atoms with Crippen molar-refractivity contribution in [2.45, 2.75) is 25.8 Å². The quantitative estimate of drug-likeness (QED) is 0.639. The molecule has 0 saturated carbocycles. The topological polar surface area (TPSA) is 72.4 Å². The maximum absolute atomic E-state index is 10.8. The average molecular weight is 235 g/mol. The Hall–Kier alpha value is -1.62. The van der Waals surface area contributed by atoms with Gasteiger partial charge in [0.15, 0.2) is 0 Å². The molecule has 1 aliphatic heterocycles. The summed E-state index contributed by atoms with van der Waals surface area (Å²) in [7, 11) is 0. The summed E-state index contributed by atoms with van der Waals surface area (Å²) in [5.41, 5.74) is 7.86. The second-order valence-electron chi connectivity index (χ2n) is 4.99. The molecule has 1 aromatic rings. The number of anilines is 1. The van der Waals surface area contributed by atoms with E-state index in [9.17, 15) is 10.1 Å². The van der Waals surface area contributed by atoms with Crippen molar-refractivity contribution in [2.24, 2.45) is 5.73 Å². The van der Waals surface area contributed by atoms with Gasteiger partial charge in [0, 0.05) is 36.4 Å². The molecule has 92 valence electrons. The lowest BCUT2D eigenvalue weighted by atomic mass is 10.0. The number of nitro benzene ring substituents is 1. The van der Waals surface area contributed by atoms with Gasteiger partial charge < -0.3 is 10.6 Å². The highest BCUT2D eigenvalue weighted by Gasteiger charge is 2.31. The molecule has 0 bridgehead atoms. The van der Waals surface area contributed by atoms with Gasteiger partial charge in [-0.25, -0.2) is 0 Å². The van der Waals surface area contributed by atoms with Gasteiger partial charge in [0.1, 0.15) is 0 Å². The second-order valence-corrected chi connectivity index (χ2v) is 4.99. The normalized spacial score (nSPS) is 14.9. The number of benzene rings is 1. The largest absolute Gasteiger partial charge is 0.364 e. The van der Waals surface area contributed by atoms with Crippen LogP contribution in [-0.2, 0) is 6.42 Å². The molecule has 5 heteroatoms.